The lowest BCUT2D eigenvalue weighted by Crippen LogP contribution is -2.42. The molecule has 0 saturated carbocycles. The van der Waals surface area contributed by atoms with Gasteiger partial charge in [0, 0.05) is 17.3 Å². The fourth-order valence-corrected chi connectivity index (χ4v) is 4.88. The number of allylic oxidation sites excluding steroid dienone is 4. The molecule has 5 rings (SSSR count). The van der Waals surface area contributed by atoms with Crippen molar-refractivity contribution >= 4 is 17.3 Å². The Labute approximate surface area is 207 Å². The molecule has 0 amide bonds. The summed E-state index contributed by atoms with van der Waals surface area (Å²) in [5, 5.41) is 24.5. The van der Waals surface area contributed by atoms with Gasteiger partial charge in [-0.2, -0.15) is 0 Å². The molecule has 2 aromatic carbocycles. The second-order valence-electron chi connectivity index (χ2n) is 9.27. The first-order chi connectivity index (χ1) is 17.1. The van der Waals surface area contributed by atoms with Crippen LogP contribution in [-0.2, 0) is 15.0 Å². The molecule has 3 N–H and O–H groups in total. The van der Waals surface area contributed by atoms with E-state index < -0.39 is 28.5 Å². The second kappa shape index (κ2) is 8.15. The molecule has 1 unspecified atom stereocenters. The highest BCUT2D eigenvalue weighted by Crippen LogP contribution is 2.57. The van der Waals surface area contributed by atoms with E-state index in [0.29, 0.717) is 23.8 Å². The minimum atomic E-state index is -1.56. The van der Waals surface area contributed by atoms with Crippen molar-refractivity contribution in [2.45, 2.75) is 39.2 Å². The number of phenols is 2. The van der Waals surface area contributed by atoms with Crippen LogP contribution in [0, 0.1) is 6.92 Å². The molecule has 0 bridgehead atoms. The van der Waals surface area contributed by atoms with E-state index in [-0.39, 0.29) is 52.2 Å². The van der Waals surface area contributed by atoms with E-state index in [2.05, 4.69) is 5.32 Å². The lowest BCUT2D eigenvalue weighted by molar-refractivity contribution is -0.123. The molecular formula is C27H25NO8. The maximum Gasteiger partial charge on any atom is 0.194 e. The number of rotatable bonds is 4. The Kier molecular flexibility index (Phi) is 5.31. The number of phenolic OH excluding ortho intramolecular Hbond substituents is 2. The summed E-state index contributed by atoms with van der Waals surface area (Å²) in [6.45, 7) is 6.40. The summed E-state index contributed by atoms with van der Waals surface area (Å²) >= 11 is 0. The monoisotopic (exact) mass is 491 g/mol. The van der Waals surface area contributed by atoms with E-state index in [1.807, 2.05) is 18.2 Å². The molecular weight excluding hydrogens is 466 g/mol. The summed E-state index contributed by atoms with van der Waals surface area (Å²) in [6, 6.07) is 7.30. The van der Waals surface area contributed by atoms with Gasteiger partial charge in [-0.15, -0.1) is 0 Å². The SMILES string of the molecule is CC(=O)c1c(O)c(C)c(O)c2c1OC1=CC(=O)/C(=C(/C)NCC3COc4ccccc4O3)C(=O)[C@]12C. The molecule has 186 valence electrons. The summed E-state index contributed by atoms with van der Waals surface area (Å²) in [5.41, 5.74) is -1.37. The van der Waals surface area contributed by atoms with Crippen molar-refractivity contribution in [3.63, 3.8) is 0 Å². The maximum atomic E-state index is 13.8. The Morgan fingerprint density at radius 1 is 1.14 bits per heavy atom. The van der Waals surface area contributed by atoms with Crippen LogP contribution in [0.1, 0.15) is 42.3 Å². The number of carbonyl (C=O) groups is 3. The van der Waals surface area contributed by atoms with Crippen LogP contribution >= 0.6 is 0 Å². The molecule has 2 aliphatic heterocycles. The number of carbonyl (C=O) groups excluding carboxylic acids is 3. The van der Waals surface area contributed by atoms with E-state index in [4.69, 9.17) is 14.2 Å². The molecule has 3 aliphatic rings. The molecule has 2 atom stereocenters. The van der Waals surface area contributed by atoms with Crippen LogP contribution in [0.4, 0.5) is 0 Å². The van der Waals surface area contributed by atoms with Gasteiger partial charge in [-0.05, 0) is 39.8 Å². The normalized spacial score (nSPS) is 23.3. The molecule has 0 fully saturated rings. The van der Waals surface area contributed by atoms with Crippen LogP contribution in [0.15, 0.2) is 47.4 Å². The highest BCUT2D eigenvalue weighted by Gasteiger charge is 2.56. The number of aromatic hydroxyl groups is 2. The molecule has 0 spiro atoms. The number of benzene rings is 2. The van der Waals surface area contributed by atoms with Crippen LogP contribution in [-0.4, -0.2) is 46.8 Å². The topological polar surface area (TPSA) is 131 Å². The standard InChI is InChI=1S/C27H25NO8/c1-12-23(31)21(14(3)29)25-22(24(12)32)27(4)19(36-25)9-16(30)20(26(27)33)13(2)28-10-15-11-34-17-7-5-6-8-18(17)35-15/h5-9,15,28,31-32H,10-11H2,1-4H3/b20-13+/t15?,27-/m1/s1. The third kappa shape index (κ3) is 3.26. The molecule has 1 aliphatic carbocycles. The number of hydrogen-bond acceptors (Lipinski definition) is 9. The van der Waals surface area contributed by atoms with Gasteiger partial charge in [0.2, 0.25) is 0 Å². The van der Waals surface area contributed by atoms with Crippen LogP contribution in [0.3, 0.4) is 0 Å². The van der Waals surface area contributed by atoms with Crippen molar-refractivity contribution in [2.24, 2.45) is 0 Å². The van der Waals surface area contributed by atoms with Gasteiger partial charge in [0.15, 0.2) is 28.8 Å². The third-order valence-electron chi connectivity index (χ3n) is 6.92. The maximum absolute atomic E-state index is 13.8. The van der Waals surface area contributed by atoms with Crippen LogP contribution in [0.5, 0.6) is 28.7 Å². The van der Waals surface area contributed by atoms with E-state index in [0.717, 1.165) is 0 Å². The molecule has 0 aromatic heterocycles. The Morgan fingerprint density at radius 2 is 1.83 bits per heavy atom. The van der Waals surface area contributed by atoms with Crippen LogP contribution in [0.2, 0.25) is 0 Å². The first kappa shape index (κ1) is 23.5. The Bertz CT molecular complexity index is 1420. The molecule has 36 heavy (non-hydrogen) atoms. The fourth-order valence-electron chi connectivity index (χ4n) is 4.88. The molecule has 2 aromatic rings. The number of ether oxygens (including phenoxy) is 3. The quantitative estimate of drug-likeness (QED) is 0.335. The zero-order valence-electron chi connectivity index (χ0n) is 20.2. The highest BCUT2D eigenvalue weighted by atomic mass is 16.6. The average Bonchev–Trinajstić information content (AvgIpc) is 3.14. The lowest BCUT2D eigenvalue weighted by atomic mass is 9.70. The van der Waals surface area contributed by atoms with Gasteiger partial charge in [0.1, 0.15) is 46.7 Å². The number of ketones is 3. The minimum Gasteiger partial charge on any atom is -0.507 e. The molecule has 9 nitrogen and oxygen atoms in total. The number of hydrogen-bond donors (Lipinski definition) is 3. The van der Waals surface area contributed by atoms with Crippen molar-refractivity contribution in [2.75, 3.05) is 13.2 Å². The highest BCUT2D eigenvalue weighted by molar-refractivity contribution is 6.31. The fraction of sp³-hybridized carbons (Fsp3) is 0.296. The molecule has 9 heteroatoms. The van der Waals surface area contributed by atoms with E-state index in [9.17, 15) is 24.6 Å². The summed E-state index contributed by atoms with van der Waals surface area (Å²) in [6.07, 6.45) is 0.836. The Morgan fingerprint density at radius 3 is 2.53 bits per heavy atom. The van der Waals surface area contributed by atoms with E-state index in [1.165, 1.54) is 26.8 Å². The van der Waals surface area contributed by atoms with Gasteiger partial charge in [0.05, 0.1) is 17.7 Å². The molecule has 0 saturated heterocycles. The van der Waals surface area contributed by atoms with Crippen molar-refractivity contribution < 1.29 is 38.8 Å². The summed E-state index contributed by atoms with van der Waals surface area (Å²) < 4.78 is 17.4. The van der Waals surface area contributed by atoms with Gasteiger partial charge >= 0.3 is 0 Å². The Hall–Kier alpha value is -4.27. The zero-order valence-corrected chi connectivity index (χ0v) is 20.2. The van der Waals surface area contributed by atoms with Crippen molar-refractivity contribution in [3.05, 3.63) is 64.1 Å². The largest absolute Gasteiger partial charge is 0.507 e. The van der Waals surface area contributed by atoms with Crippen LogP contribution < -0.4 is 19.5 Å². The summed E-state index contributed by atoms with van der Waals surface area (Å²) in [7, 11) is 0. The Balaban J connectivity index is 1.49. The molecule has 0 radical (unpaired) electrons. The second-order valence-corrected chi connectivity index (χ2v) is 9.27. The lowest BCUT2D eigenvalue weighted by Gasteiger charge is -2.30. The predicted molar refractivity (Wildman–Crippen MR) is 128 cm³/mol. The third-order valence-corrected chi connectivity index (χ3v) is 6.92. The van der Waals surface area contributed by atoms with Crippen molar-refractivity contribution in [1.82, 2.24) is 5.32 Å². The van der Waals surface area contributed by atoms with Gasteiger partial charge < -0.3 is 29.7 Å². The van der Waals surface area contributed by atoms with Crippen molar-refractivity contribution in [1.29, 1.82) is 0 Å². The van der Waals surface area contributed by atoms with Crippen LogP contribution in [0.25, 0.3) is 0 Å². The zero-order chi connectivity index (χ0) is 25.9. The molecule has 2 heterocycles. The first-order valence-electron chi connectivity index (χ1n) is 11.5. The number of Topliss-reactive ketones (excluding diaryl/α,β-unsaturated/α-hetero) is 2. The number of fused-ring (bicyclic) bond motifs is 4. The average molecular weight is 491 g/mol. The number of nitrogens with one attached hydrogen (secondary N) is 1. The van der Waals surface area contributed by atoms with Gasteiger partial charge in [-0.3, -0.25) is 14.4 Å². The summed E-state index contributed by atoms with van der Waals surface area (Å²) in [4.78, 5) is 39.2. The smallest absolute Gasteiger partial charge is 0.194 e. The van der Waals surface area contributed by atoms with Gasteiger partial charge in [0.25, 0.3) is 0 Å². The van der Waals surface area contributed by atoms with Crippen molar-refractivity contribution in [3.8, 4) is 28.7 Å². The predicted octanol–water partition coefficient (Wildman–Crippen LogP) is 3.00. The van der Waals surface area contributed by atoms with E-state index in [1.54, 1.807) is 13.0 Å². The number of para-hydroxylation sites is 2. The van der Waals surface area contributed by atoms with E-state index >= 15 is 0 Å². The van der Waals surface area contributed by atoms with Gasteiger partial charge in [-0.1, -0.05) is 12.1 Å². The minimum absolute atomic E-state index is 0.00697. The summed E-state index contributed by atoms with van der Waals surface area (Å²) in [5.74, 6) is -1.31. The van der Waals surface area contributed by atoms with Gasteiger partial charge in [-0.25, -0.2) is 0 Å². The first-order valence-corrected chi connectivity index (χ1v) is 11.5.